The largest absolute Gasteiger partial charge is 0.490 e. The van der Waals surface area contributed by atoms with E-state index >= 15 is 0 Å². The zero-order valence-electron chi connectivity index (χ0n) is 10.9. The summed E-state index contributed by atoms with van der Waals surface area (Å²) in [5.41, 5.74) is 5.77. The smallest absolute Gasteiger partial charge is 0.197 e. The third-order valence-electron chi connectivity index (χ3n) is 2.30. The van der Waals surface area contributed by atoms with Crippen LogP contribution >= 0.6 is 11.5 Å². The predicted octanol–water partition coefficient (Wildman–Crippen LogP) is 1.84. The molecule has 6 heteroatoms. The van der Waals surface area contributed by atoms with Crippen LogP contribution < -0.4 is 15.4 Å². The number of hydrogen-bond donors (Lipinski definition) is 1. The number of nitrogens with two attached hydrogens (primary N) is 1. The molecule has 0 spiro atoms. The summed E-state index contributed by atoms with van der Waals surface area (Å²) in [6.07, 6.45) is 0. The minimum Gasteiger partial charge on any atom is -0.490 e. The number of nitrogens with zero attached hydrogens (tertiary/aromatic N) is 2. The monoisotopic (exact) mass is 259 g/mol. The first-order valence-corrected chi connectivity index (χ1v) is 6.40. The number of hydrogen-bond acceptors (Lipinski definition) is 6. The molecule has 2 N–H and O–H groups in total. The second-order valence-electron chi connectivity index (χ2n) is 4.24. The molecule has 0 bridgehead atoms. The molecule has 0 aliphatic heterocycles. The van der Waals surface area contributed by atoms with E-state index < -0.39 is 0 Å². The first-order chi connectivity index (χ1) is 8.10. The first-order valence-electron chi connectivity index (χ1n) is 5.63. The van der Waals surface area contributed by atoms with Gasteiger partial charge in [0.15, 0.2) is 16.6 Å². The molecular formula is C11H21N3O2S. The van der Waals surface area contributed by atoms with Gasteiger partial charge in [-0.1, -0.05) is 13.8 Å². The van der Waals surface area contributed by atoms with Gasteiger partial charge in [-0.2, -0.15) is 4.37 Å². The zero-order chi connectivity index (χ0) is 12.8. The van der Waals surface area contributed by atoms with Crippen molar-refractivity contribution < 1.29 is 9.47 Å². The lowest BCUT2D eigenvalue weighted by Crippen LogP contribution is -2.30. The normalized spacial score (nSPS) is 10.9. The third kappa shape index (κ3) is 3.74. The highest BCUT2D eigenvalue weighted by Gasteiger charge is 2.19. The Balaban J connectivity index is 2.86. The van der Waals surface area contributed by atoms with Gasteiger partial charge in [0.2, 0.25) is 0 Å². The number of anilines is 2. The van der Waals surface area contributed by atoms with Crippen molar-refractivity contribution >= 4 is 22.4 Å². The Morgan fingerprint density at radius 2 is 2.12 bits per heavy atom. The number of rotatable bonds is 7. The summed E-state index contributed by atoms with van der Waals surface area (Å²) < 4.78 is 14.6. The SMILES string of the molecule is COCCN(CC(C)C)c1snc(N)c1OC. The van der Waals surface area contributed by atoms with Crippen molar-refractivity contribution in [1.29, 1.82) is 0 Å². The lowest BCUT2D eigenvalue weighted by atomic mass is 10.2. The molecule has 1 aromatic rings. The maximum atomic E-state index is 5.77. The molecule has 0 unspecified atom stereocenters. The van der Waals surface area contributed by atoms with Crippen molar-refractivity contribution in [3.8, 4) is 5.75 Å². The fourth-order valence-corrected chi connectivity index (χ4v) is 2.42. The number of aromatic nitrogens is 1. The van der Waals surface area contributed by atoms with Gasteiger partial charge < -0.3 is 20.1 Å². The van der Waals surface area contributed by atoms with Gasteiger partial charge in [0.25, 0.3) is 0 Å². The van der Waals surface area contributed by atoms with E-state index in [4.69, 9.17) is 15.2 Å². The van der Waals surface area contributed by atoms with Crippen molar-refractivity contribution in [3.05, 3.63) is 0 Å². The Morgan fingerprint density at radius 3 is 2.65 bits per heavy atom. The van der Waals surface area contributed by atoms with Crippen LogP contribution in [0, 0.1) is 5.92 Å². The topological polar surface area (TPSA) is 60.6 Å². The van der Waals surface area contributed by atoms with Crippen LogP contribution in [0.2, 0.25) is 0 Å². The molecule has 1 heterocycles. The van der Waals surface area contributed by atoms with Gasteiger partial charge in [-0.25, -0.2) is 0 Å². The number of nitrogen functional groups attached to an aromatic ring is 1. The molecule has 1 rings (SSSR count). The van der Waals surface area contributed by atoms with E-state index in [0.29, 0.717) is 24.1 Å². The van der Waals surface area contributed by atoms with Crippen LogP contribution in [0.15, 0.2) is 0 Å². The fourth-order valence-electron chi connectivity index (χ4n) is 1.60. The van der Waals surface area contributed by atoms with E-state index in [1.54, 1.807) is 14.2 Å². The summed E-state index contributed by atoms with van der Waals surface area (Å²) in [7, 11) is 3.32. The van der Waals surface area contributed by atoms with Crippen molar-refractivity contribution in [1.82, 2.24) is 4.37 Å². The van der Waals surface area contributed by atoms with Crippen LogP contribution in [-0.4, -0.2) is 38.3 Å². The molecule has 5 nitrogen and oxygen atoms in total. The Bertz CT molecular complexity index is 341. The van der Waals surface area contributed by atoms with Crippen molar-refractivity contribution in [2.24, 2.45) is 5.92 Å². The zero-order valence-corrected chi connectivity index (χ0v) is 11.7. The molecule has 0 radical (unpaired) electrons. The van der Waals surface area contributed by atoms with Gasteiger partial charge in [0.1, 0.15) is 0 Å². The molecule has 98 valence electrons. The molecule has 1 aromatic heterocycles. The lowest BCUT2D eigenvalue weighted by molar-refractivity contribution is 0.204. The molecule has 0 fully saturated rings. The van der Waals surface area contributed by atoms with Gasteiger partial charge in [-0.05, 0) is 17.5 Å². The van der Waals surface area contributed by atoms with Crippen LogP contribution in [0.25, 0.3) is 0 Å². The Kier molecular flexibility index (Phi) is 5.50. The van der Waals surface area contributed by atoms with E-state index in [2.05, 4.69) is 23.1 Å². The van der Waals surface area contributed by atoms with Gasteiger partial charge in [0.05, 0.1) is 13.7 Å². The van der Waals surface area contributed by atoms with Crippen molar-refractivity contribution in [2.45, 2.75) is 13.8 Å². The summed E-state index contributed by atoms with van der Waals surface area (Å²) in [4.78, 5) is 2.21. The first kappa shape index (κ1) is 14.1. The Morgan fingerprint density at radius 1 is 1.41 bits per heavy atom. The van der Waals surface area contributed by atoms with Crippen molar-refractivity contribution in [2.75, 3.05) is 44.5 Å². The summed E-state index contributed by atoms with van der Waals surface area (Å²) in [5.74, 6) is 1.69. The minimum absolute atomic E-state index is 0.457. The molecule has 0 saturated heterocycles. The molecule has 0 aromatic carbocycles. The Hall–Kier alpha value is -1.01. The van der Waals surface area contributed by atoms with Crippen LogP contribution in [0.5, 0.6) is 5.75 Å². The highest BCUT2D eigenvalue weighted by Crippen LogP contribution is 2.38. The average molecular weight is 259 g/mol. The van der Waals surface area contributed by atoms with E-state index in [1.165, 1.54) is 11.5 Å². The summed E-state index contributed by atoms with van der Waals surface area (Å²) in [5, 5.41) is 0.982. The third-order valence-corrected chi connectivity index (χ3v) is 3.20. The number of methoxy groups -OCH3 is 2. The van der Waals surface area contributed by atoms with Gasteiger partial charge in [0, 0.05) is 20.2 Å². The molecule has 0 amide bonds. The number of ether oxygens (including phenoxy) is 2. The van der Waals surface area contributed by atoms with Gasteiger partial charge in [-0.15, -0.1) is 0 Å². The van der Waals surface area contributed by atoms with Crippen LogP contribution in [0.1, 0.15) is 13.8 Å². The van der Waals surface area contributed by atoms with E-state index in [1.807, 2.05) is 0 Å². The second-order valence-corrected chi connectivity index (χ2v) is 4.99. The molecule has 0 aliphatic rings. The highest BCUT2D eigenvalue weighted by molar-refractivity contribution is 7.11. The summed E-state index contributed by atoms with van der Waals surface area (Å²) in [6.45, 7) is 6.77. The standard InChI is InChI=1S/C11H21N3O2S/c1-8(2)7-14(5-6-15-3)11-9(16-4)10(12)13-17-11/h8H,5-7H2,1-4H3,(H2,12,13). The molecular weight excluding hydrogens is 238 g/mol. The van der Waals surface area contributed by atoms with E-state index in [0.717, 1.165) is 18.1 Å². The van der Waals surface area contributed by atoms with Crippen LogP contribution in [-0.2, 0) is 4.74 Å². The summed E-state index contributed by atoms with van der Waals surface area (Å²) in [6, 6.07) is 0. The maximum absolute atomic E-state index is 5.77. The molecule has 17 heavy (non-hydrogen) atoms. The predicted molar refractivity (Wildman–Crippen MR) is 72.0 cm³/mol. The highest BCUT2D eigenvalue weighted by atomic mass is 32.1. The Labute approximate surface area is 107 Å². The minimum atomic E-state index is 0.457. The molecule has 0 saturated carbocycles. The second kappa shape index (κ2) is 6.66. The van der Waals surface area contributed by atoms with E-state index in [-0.39, 0.29) is 0 Å². The average Bonchev–Trinajstić information content (AvgIpc) is 2.65. The van der Waals surface area contributed by atoms with Crippen LogP contribution in [0.4, 0.5) is 10.8 Å². The van der Waals surface area contributed by atoms with Crippen molar-refractivity contribution in [3.63, 3.8) is 0 Å². The molecule has 0 aliphatic carbocycles. The van der Waals surface area contributed by atoms with E-state index in [9.17, 15) is 0 Å². The van der Waals surface area contributed by atoms with Gasteiger partial charge in [-0.3, -0.25) is 0 Å². The quantitative estimate of drug-likeness (QED) is 0.809. The lowest BCUT2D eigenvalue weighted by Gasteiger charge is -2.25. The van der Waals surface area contributed by atoms with Gasteiger partial charge >= 0.3 is 0 Å². The fraction of sp³-hybridized carbons (Fsp3) is 0.727. The molecule has 0 atom stereocenters. The van der Waals surface area contributed by atoms with Crippen LogP contribution in [0.3, 0.4) is 0 Å². The maximum Gasteiger partial charge on any atom is 0.197 e. The summed E-state index contributed by atoms with van der Waals surface area (Å²) >= 11 is 1.37.